The molecule has 2 nitrogen and oxygen atoms in total. The fraction of sp³-hybridized carbons (Fsp3) is 0.0909. The van der Waals surface area contributed by atoms with E-state index in [1.54, 1.807) is 6.07 Å². The summed E-state index contributed by atoms with van der Waals surface area (Å²) >= 11 is 0. The van der Waals surface area contributed by atoms with E-state index in [2.05, 4.69) is 24.3 Å². The maximum atomic E-state index is 10.7. The van der Waals surface area contributed by atoms with Crippen molar-refractivity contribution in [1.29, 1.82) is 0 Å². The number of aromatic hydroxyl groups is 1. The molecule has 118 valence electrons. The molecular formula is C22H18O2. The van der Waals surface area contributed by atoms with Crippen molar-refractivity contribution >= 4 is 21.5 Å². The summed E-state index contributed by atoms with van der Waals surface area (Å²) in [5, 5.41) is 15.0. The Morgan fingerprint density at radius 2 is 1.29 bits per heavy atom. The molecule has 0 atom stereocenters. The second-order valence-corrected chi connectivity index (χ2v) is 5.77. The van der Waals surface area contributed by atoms with Gasteiger partial charge >= 0.3 is 0 Å². The average molecular weight is 314 g/mol. The van der Waals surface area contributed by atoms with Gasteiger partial charge in [-0.1, -0.05) is 60.7 Å². The highest BCUT2D eigenvalue weighted by Crippen LogP contribution is 2.44. The summed E-state index contributed by atoms with van der Waals surface area (Å²) in [5.41, 5.74) is 1.78. The molecule has 4 aromatic carbocycles. The minimum atomic E-state index is 0.269. The lowest BCUT2D eigenvalue weighted by molar-refractivity contribution is 0.342. The number of hydrogen-bond donors (Lipinski definition) is 1. The molecule has 0 saturated carbocycles. The maximum Gasteiger partial charge on any atom is 0.127 e. The van der Waals surface area contributed by atoms with E-state index in [1.807, 2.05) is 49.4 Å². The van der Waals surface area contributed by atoms with Crippen LogP contribution in [0.4, 0.5) is 0 Å². The van der Waals surface area contributed by atoms with Gasteiger partial charge in [-0.05, 0) is 40.6 Å². The first kappa shape index (κ1) is 14.6. The Morgan fingerprint density at radius 3 is 1.96 bits per heavy atom. The second kappa shape index (κ2) is 5.89. The molecule has 0 amide bonds. The van der Waals surface area contributed by atoms with Gasteiger partial charge in [0.2, 0.25) is 0 Å². The molecule has 24 heavy (non-hydrogen) atoms. The first-order valence-electron chi connectivity index (χ1n) is 8.15. The third-order valence-corrected chi connectivity index (χ3v) is 4.35. The smallest absolute Gasteiger partial charge is 0.127 e. The SMILES string of the molecule is CCOc1ccc2ccccc2c1-c1c(O)ccc2ccccc12. The minimum absolute atomic E-state index is 0.269. The molecular weight excluding hydrogens is 296 g/mol. The van der Waals surface area contributed by atoms with E-state index in [0.717, 1.165) is 38.4 Å². The van der Waals surface area contributed by atoms with E-state index >= 15 is 0 Å². The quantitative estimate of drug-likeness (QED) is 0.520. The average Bonchev–Trinajstić information content (AvgIpc) is 2.62. The number of rotatable bonds is 3. The van der Waals surface area contributed by atoms with Gasteiger partial charge in [0, 0.05) is 11.1 Å². The van der Waals surface area contributed by atoms with Crippen LogP contribution in [-0.4, -0.2) is 11.7 Å². The number of hydrogen-bond acceptors (Lipinski definition) is 2. The largest absolute Gasteiger partial charge is 0.507 e. The normalized spacial score (nSPS) is 11.0. The monoisotopic (exact) mass is 314 g/mol. The molecule has 0 radical (unpaired) electrons. The Labute approximate surface area is 140 Å². The Morgan fingerprint density at radius 1 is 0.708 bits per heavy atom. The lowest BCUT2D eigenvalue weighted by Gasteiger charge is -2.16. The molecule has 0 spiro atoms. The highest BCUT2D eigenvalue weighted by Gasteiger charge is 2.17. The fourth-order valence-corrected chi connectivity index (χ4v) is 3.31. The standard InChI is InChI=1S/C22H18O2/c1-2-24-20-14-12-16-8-4-6-10-18(16)22(20)21-17-9-5-3-7-15(17)11-13-19(21)23/h3-14,23H,2H2,1H3. The molecule has 0 heterocycles. The molecule has 0 unspecified atom stereocenters. The van der Waals surface area contributed by atoms with E-state index in [-0.39, 0.29) is 5.75 Å². The van der Waals surface area contributed by atoms with Crippen LogP contribution in [0.3, 0.4) is 0 Å². The van der Waals surface area contributed by atoms with Crippen molar-refractivity contribution in [2.75, 3.05) is 6.61 Å². The molecule has 0 bridgehead atoms. The van der Waals surface area contributed by atoms with Gasteiger partial charge in [0.05, 0.1) is 6.61 Å². The first-order valence-corrected chi connectivity index (χ1v) is 8.15. The summed E-state index contributed by atoms with van der Waals surface area (Å²) in [4.78, 5) is 0. The molecule has 2 heteroatoms. The molecule has 0 aliphatic carbocycles. The summed E-state index contributed by atoms with van der Waals surface area (Å²) in [5.74, 6) is 1.06. The van der Waals surface area contributed by atoms with Gasteiger partial charge in [-0.15, -0.1) is 0 Å². The molecule has 0 aliphatic heterocycles. The van der Waals surface area contributed by atoms with Crippen LogP contribution in [0.1, 0.15) is 6.92 Å². The van der Waals surface area contributed by atoms with Crippen molar-refractivity contribution in [2.24, 2.45) is 0 Å². The topological polar surface area (TPSA) is 29.5 Å². The van der Waals surface area contributed by atoms with Gasteiger partial charge in [-0.25, -0.2) is 0 Å². The number of phenolic OH excluding ortho intramolecular Hbond substituents is 1. The predicted molar refractivity (Wildman–Crippen MR) is 99.7 cm³/mol. The van der Waals surface area contributed by atoms with Crippen molar-refractivity contribution in [3.63, 3.8) is 0 Å². The summed E-state index contributed by atoms with van der Waals surface area (Å²) in [6.45, 7) is 2.55. The zero-order valence-corrected chi connectivity index (χ0v) is 13.5. The maximum absolute atomic E-state index is 10.7. The lowest BCUT2D eigenvalue weighted by Crippen LogP contribution is -1.96. The van der Waals surface area contributed by atoms with Gasteiger partial charge < -0.3 is 9.84 Å². The molecule has 4 aromatic rings. The van der Waals surface area contributed by atoms with Gasteiger partial charge in [0.15, 0.2) is 0 Å². The molecule has 4 rings (SSSR count). The summed E-state index contributed by atoms with van der Waals surface area (Å²) in [7, 11) is 0. The van der Waals surface area contributed by atoms with Gasteiger partial charge in [0.1, 0.15) is 11.5 Å². The molecule has 0 fully saturated rings. The van der Waals surface area contributed by atoms with E-state index in [4.69, 9.17) is 4.74 Å². The van der Waals surface area contributed by atoms with Crippen molar-refractivity contribution in [2.45, 2.75) is 6.92 Å². The number of benzene rings is 4. The Balaban J connectivity index is 2.17. The van der Waals surface area contributed by atoms with Crippen LogP contribution >= 0.6 is 0 Å². The lowest BCUT2D eigenvalue weighted by atomic mass is 9.92. The van der Waals surface area contributed by atoms with Gasteiger partial charge in [-0.2, -0.15) is 0 Å². The van der Waals surface area contributed by atoms with E-state index in [0.29, 0.717) is 6.61 Å². The predicted octanol–water partition coefficient (Wildman–Crippen LogP) is 5.76. The van der Waals surface area contributed by atoms with Crippen LogP contribution in [0.25, 0.3) is 32.7 Å². The van der Waals surface area contributed by atoms with Crippen LogP contribution in [-0.2, 0) is 0 Å². The van der Waals surface area contributed by atoms with Crippen LogP contribution in [0.5, 0.6) is 11.5 Å². The molecule has 0 aromatic heterocycles. The minimum Gasteiger partial charge on any atom is -0.507 e. The summed E-state index contributed by atoms with van der Waals surface area (Å²) in [6, 6.07) is 24.1. The highest BCUT2D eigenvalue weighted by molar-refractivity contribution is 6.09. The van der Waals surface area contributed by atoms with Crippen LogP contribution in [0.15, 0.2) is 72.8 Å². The van der Waals surface area contributed by atoms with Crippen LogP contribution in [0.2, 0.25) is 0 Å². The second-order valence-electron chi connectivity index (χ2n) is 5.77. The number of fused-ring (bicyclic) bond motifs is 2. The van der Waals surface area contributed by atoms with Crippen molar-refractivity contribution in [3.05, 3.63) is 72.8 Å². The van der Waals surface area contributed by atoms with Gasteiger partial charge in [-0.3, -0.25) is 0 Å². The third-order valence-electron chi connectivity index (χ3n) is 4.35. The van der Waals surface area contributed by atoms with Crippen molar-refractivity contribution in [1.82, 2.24) is 0 Å². The third kappa shape index (κ3) is 2.28. The van der Waals surface area contributed by atoms with Crippen molar-refractivity contribution in [3.8, 4) is 22.6 Å². The van der Waals surface area contributed by atoms with Gasteiger partial charge in [0.25, 0.3) is 0 Å². The molecule has 0 aliphatic rings. The molecule has 0 saturated heterocycles. The van der Waals surface area contributed by atoms with E-state index in [9.17, 15) is 5.11 Å². The highest BCUT2D eigenvalue weighted by atomic mass is 16.5. The Hall–Kier alpha value is -3.00. The number of ether oxygens (including phenoxy) is 1. The van der Waals surface area contributed by atoms with E-state index < -0.39 is 0 Å². The van der Waals surface area contributed by atoms with Crippen molar-refractivity contribution < 1.29 is 9.84 Å². The van der Waals surface area contributed by atoms with Crippen LogP contribution < -0.4 is 4.74 Å². The fourth-order valence-electron chi connectivity index (χ4n) is 3.31. The zero-order valence-electron chi connectivity index (χ0n) is 13.5. The number of phenols is 1. The Bertz CT molecular complexity index is 1030. The summed E-state index contributed by atoms with van der Waals surface area (Å²) < 4.78 is 5.89. The van der Waals surface area contributed by atoms with Crippen LogP contribution in [0, 0.1) is 0 Å². The zero-order chi connectivity index (χ0) is 16.5. The van der Waals surface area contributed by atoms with E-state index in [1.165, 1.54) is 0 Å². The summed E-state index contributed by atoms with van der Waals surface area (Å²) in [6.07, 6.45) is 0. The first-order chi connectivity index (χ1) is 11.8. The molecule has 1 N–H and O–H groups in total. The Kier molecular flexibility index (Phi) is 3.58.